The fraction of sp³-hybridized carbons (Fsp3) is 0.364. The largest absolute Gasteiger partial charge is 0.389 e. The molecule has 0 aromatic heterocycles. The molecule has 4 nitrogen and oxygen atoms in total. The predicted molar refractivity (Wildman–Crippen MR) is 56.4 cm³/mol. The molecule has 94 valence electrons. The molecule has 4 N–H and O–H groups in total. The van der Waals surface area contributed by atoms with Crippen LogP contribution in [0.2, 0.25) is 0 Å². The van der Waals surface area contributed by atoms with Gasteiger partial charge in [0.15, 0.2) is 5.78 Å². The number of benzene rings is 1. The molecule has 0 saturated carbocycles. The van der Waals surface area contributed by atoms with E-state index in [0.717, 1.165) is 13.0 Å². The van der Waals surface area contributed by atoms with Gasteiger partial charge in [0.2, 0.25) is 0 Å². The van der Waals surface area contributed by atoms with Gasteiger partial charge in [-0.1, -0.05) is 0 Å². The molecule has 2 atom stereocenters. The van der Waals surface area contributed by atoms with Crippen LogP contribution in [0.4, 0.5) is 8.78 Å². The first-order valence-electron chi connectivity index (χ1n) is 4.94. The van der Waals surface area contributed by atoms with Gasteiger partial charge in [-0.2, -0.15) is 0 Å². The molecule has 0 radical (unpaired) electrons. The predicted octanol–water partition coefficient (Wildman–Crippen LogP) is 0.520. The van der Waals surface area contributed by atoms with Crippen LogP contribution in [-0.4, -0.2) is 28.6 Å². The Kier molecular flexibility index (Phi) is 4.28. The van der Waals surface area contributed by atoms with Crippen LogP contribution in [0.15, 0.2) is 12.1 Å². The minimum atomic E-state index is -1.60. The van der Waals surface area contributed by atoms with Crippen LogP contribution in [0.1, 0.15) is 28.9 Å². The minimum Gasteiger partial charge on any atom is -0.389 e. The van der Waals surface area contributed by atoms with Crippen LogP contribution in [0, 0.1) is 11.6 Å². The van der Waals surface area contributed by atoms with Crippen molar-refractivity contribution in [3.63, 3.8) is 0 Å². The van der Waals surface area contributed by atoms with Crippen molar-refractivity contribution in [2.75, 3.05) is 6.54 Å². The number of Topliss-reactive ketones (excluding diaryl/α,β-unsaturated/α-hetero) is 1. The SMILES string of the molecule is CC(=O)c1cc(C(O)C(O)CN)c(F)cc1F. The maximum absolute atomic E-state index is 13.4. The first-order valence-corrected chi connectivity index (χ1v) is 4.94. The van der Waals surface area contributed by atoms with E-state index < -0.39 is 29.6 Å². The maximum Gasteiger partial charge on any atom is 0.162 e. The highest BCUT2D eigenvalue weighted by atomic mass is 19.1. The van der Waals surface area contributed by atoms with Crippen LogP contribution in [0.25, 0.3) is 0 Å². The van der Waals surface area contributed by atoms with Crippen LogP contribution in [-0.2, 0) is 0 Å². The normalized spacial score (nSPS) is 14.5. The first kappa shape index (κ1) is 13.7. The molecule has 0 aliphatic carbocycles. The number of hydrogen-bond donors (Lipinski definition) is 3. The maximum atomic E-state index is 13.4. The smallest absolute Gasteiger partial charge is 0.162 e. The number of hydrogen-bond acceptors (Lipinski definition) is 4. The lowest BCUT2D eigenvalue weighted by molar-refractivity contribution is 0.0221. The highest BCUT2D eigenvalue weighted by Crippen LogP contribution is 2.23. The number of carbonyl (C=O) groups is 1. The molecule has 0 amide bonds. The van der Waals surface area contributed by atoms with Gasteiger partial charge in [-0.05, 0) is 13.0 Å². The van der Waals surface area contributed by atoms with Crippen molar-refractivity contribution in [1.29, 1.82) is 0 Å². The molecular formula is C11H13F2NO3. The van der Waals surface area contributed by atoms with Crippen molar-refractivity contribution in [2.45, 2.75) is 19.1 Å². The molecule has 6 heteroatoms. The van der Waals surface area contributed by atoms with E-state index in [2.05, 4.69) is 0 Å². The second kappa shape index (κ2) is 5.31. The third kappa shape index (κ3) is 2.85. The Hall–Kier alpha value is -1.37. The zero-order valence-corrected chi connectivity index (χ0v) is 9.15. The molecule has 17 heavy (non-hydrogen) atoms. The van der Waals surface area contributed by atoms with Gasteiger partial charge < -0.3 is 15.9 Å². The fourth-order valence-corrected chi connectivity index (χ4v) is 1.40. The Morgan fingerprint density at radius 2 is 1.94 bits per heavy atom. The summed E-state index contributed by atoms with van der Waals surface area (Å²) >= 11 is 0. The number of rotatable bonds is 4. The standard InChI is InChI=1S/C11H13F2NO3/c1-5(15)6-2-7(9(13)3-8(6)12)11(17)10(16)4-14/h2-3,10-11,16-17H,4,14H2,1H3. The van der Waals surface area contributed by atoms with E-state index in [1.807, 2.05) is 0 Å². The molecule has 0 bridgehead atoms. The summed E-state index contributed by atoms with van der Waals surface area (Å²) in [6.45, 7) is 0.833. The number of nitrogens with two attached hydrogens (primary N) is 1. The Balaban J connectivity index is 3.24. The molecule has 0 saturated heterocycles. The number of aliphatic hydroxyl groups excluding tert-OH is 2. The summed E-state index contributed by atoms with van der Waals surface area (Å²) in [4.78, 5) is 11.1. The van der Waals surface area contributed by atoms with Crippen LogP contribution in [0.5, 0.6) is 0 Å². The average molecular weight is 245 g/mol. The van der Waals surface area contributed by atoms with Crippen molar-refractivity contribution in [2.24, 2.45) is 5.73 Å². The van der Waals surface area contributed by atoms with E-state index in [9.17, 15) is 23.8 Å². The van der Waals surface area contributed by atoms with E-state index in [0.29, 0.717) is 6.07 Å². The van der Waals surface area contributed by atoms with Crippen LogP contribution < -0.4 is 5.73 Å². The molecule has 0 fully saturated rings. The van der Waals surface area contributed by atoms with Crippen LogP contribution >= 0.6 is 0 Å². The number of halogens is 2. The summed E-state index contributed by atoms with van der Waals surface area (Å²) in [7, 11) is 0. The third-order valence-corrected chi connectivity index (χ3v) is 2.39. The van der Waals surface area contributed by atoms with Gasteiger partial charge >= 0.3 is 0 Å². The summed E-state index contributed by atoms with van der Waals surface area (Å²) in [5.41, 5.74) is 4.42. The Bertz CT molecular complexity index is 437. The number of carbonyl (C=O) groups excluding carboxylic acids is 1. The topological polar surface area (TPSA) is 83.5 Å². The molecular weight excluding hydrogens is 232 g/mol. The lowest BCUT2D eigenvalue weighted by atomic mass is 9.99. The van der Waals surface area contributed by atoms with Gasteiger partial charge in [-0.15, -0.1) is 0 Å². The van der Waals surface area contributed by atoms with Crippen molar-refractivity contribution in [3.05, 3.63) is 34.9 Å². The molecule has 0 spiro atoms. The first-order chi connectivity index (χ1) is 7.88. The Morgan fingerprint density at radius 1 is 1.35 bits per heavy atom. The van der Waals surface area contributed by atoms with Crippen molar-refractivity contribution < 1.29 is 23.8 Å². The van der Waals surface area contributed by atoms with E-state index in [1.54, 1.807) is 0 Å². The van der Waals surface area contributed by atoms with E-state index in [1.165, 1.54) is 0 Å². The minimum absolute atomic E-state index is 0.284. The molecule has 0 heterocycles. The third-order valence-electron chi connectivity index (χ3n) is 2.39. The number of aliphatic hydroxyl groups is 2. The van der Waals surface area contributed by atoms with Crippen LogP contribution in [0.3, 0.4) is 0 Å². The molecule has 1 rings (SSSR count). The highest BCUT2D eigenvalue weighted by Gasteiger charge is 2.23. The van der Waals surface area contributed by atoms with Gasteiger partial charge in [-0.3, -0.25) is 4.79 Å². The summed E-state index contributed by atoms with van der Waals surface area (Å²) in [5.74, 6) is -2.64. The lowest BCUT2D eigenvalue weighted by Crippen LogP contribution is -2.28. The fourth-order valence-electron chi connectivity index (χ4n) is 1.40. The highest BCUT2D eigenvalue weighted by molar-refractivity contribution is 5.94. The summed E-state index contributed by atoms with van der Waals surface area (Å²) in [6, 6.07) is 1.38. The Morgan fingerprint density at radius 3 is 2.41 bits per heavy atom. The second-order valence-corrected chi connectivity index (χ2v) is 3.66. The molecule has 1 aromatic rings. The molecule has 0 aliphatic rings. The quantitative estimate of drug-likeness (QED) is 0.675. The van der Waals surface area contributed by atoms with Gasteiger partial charge in [0.25, 0.3) is 0 Å². The molecule has 2 unspecified atom stereocenters. The Labute approximate surface area is 96.7 Å². The lowest BCUT2D eigenvalue weighted by Gasteiger charge is -2.17. The molecule has 0 aliphatic heterocycles. The van der Waals surface area contributed by atoms with E-state index >= 15 is 0 Å². The zero-order chi connectivity index (χ0) is 13.2. The van der Waals surface area contributed by atoms with E-state index in [4.69, 9.17) is 5.73 Å². The van der Waals surface area contributed by atoms with Gasteiger partial charge in [0, 0.05) is 18.2 Å². The van der Waals surface area contributed by atoms with Gasteiger partial charge in [0.05, 0.1) is 11.7 Å². The summed E-state index contributed by atoms with van der Waals surface area (Å²) < 4.78 is 26.6. The van der Waals surface area contributed by atoms with Crippen molar-refractivity contribution in [1.82, 2.24) is 0 Å². The summed E-state index contributed by atoms with van der Waals surface area (Å²) in [6.07, 6.45) is -2.98. The van der Waals surface area contributed by atoms with Crippen molar-refractivity contribution >= 4 is 5.78 Å². The summed E-state index contributed by atoms with van der Waals surface area (Å²) in [5, 5.41) is 18.8. The average Bonchev–Trinajstić information content (AvgIpc) is 2.26. The monoisotopic (exact) mass is 245 g/mol. The van der Waals surface area contributed by atoms with Crippen molar-refractivity contribution in [3.8, 4) is 0 Å². The van der Waals surface area contributed by atoms with E-state index in [-0.39, 0.29) is 17.7 Å². The van der Waals surface area contributed by atoms with Gasteiger partial charge in [0.1, 0.15) is 17.7 Å². The van der Waals surface area contributed by atoms with Gasteiger partial charge in [-0.25, -0.2) is 8.78 Å². The number of ketones is 1. The zero-order valence-electron chi connectivity index (χ0n) is 9.15. The molecule has 1 aromatic carbocycles. The second-order valence-electron chi connectivity index (χ2n) is 3.66.